The number of nitro groups is 1. The second kappa shape index (κ2) is 12.0. The van der Waals surface area contributed by atoms with Gasteiger partial charge < -0.3 is 13.6 Å². The minimum Gasteiger partial charge on any atom is -0.463 e. The van der Waals surface area contributed by atoms with Gasteiger partial charge in [0.2, 0.25) is 0 Å². The van der Waals surface area contributed by atoms with Crippen LogP contribution in [0.2, 0.25) is 5.02 Å². The summed E-state index contributed by atoms with van der Waals surface area (Å²) in [5.41, 5.74) is 1.12. The molecular weight excluding hydrogens is 721 g/mol. The van der Waals surface area contributed by atoms with Gasteiger partial charge in [-0.15, -0.1) is 0 Å². The van der Waals surface area contributed by atoms with Gasteiger partial charge in [0.15, 0.2) is 4.80 Å². The number of carbonyl (C=O) groups is 1. The normalized spacial score (nSPS) is 14.8. The lowest BCUT2D eigenvalue weighted by atomic mass is 10.0. The topological polar surface area (TPSA) is 130 Å². The maximum absolute atomic E-state index is 13.9. The molecule has 0 N–H and O–H groups in total. The lowest BCUT2D eigenvalue weighted by molar-refractivity contribution is -0.384. The number of benzene rings is 2. The molecule has 13 heteroatoms. The molecule has 0 aliphatic carbocycles. The van der Waals surface area contributed by atoms with Crippen LogP contribution >= 0.6 is 45.5 Å². The molecule has 0 amide bonds. The predicted molar refractivity (Wildman–Crippen MR) is 173 cm³/mol. The largest absolute Gasteiger partial charge is 0.463 e. The molecule has 0 radical (unpaired) electrons. The van der Waals surface area contributed by atoms with E-state index in [0.717, 1.165) is 20.5 Å². The predicted octanol–water partition coefficient (Wildman–Crippen LogP) is 6.48. The summed E-state index contributed by atoms with van der Waals surface area (Å²) in [6, 6.07) is 17.7. The van der Waals surface area contributed by atoms with Crippen molar-refractivity contribution in [2.75, 3.05) is 6.61 Å². The Bertz CT molecular complexity index is 2160. The molecule has 0 saturated carbocycles. The van der Waals surface area contributed by atoms with Crippen molar-refractivity contribution >= 4 is 63.3 Å². The van der Waals surface area contributed by atoms with Gasteiger partial charge in [0.25, 0.3) is 11.2 Å². The Labute approximate surface area is 271 Å². The monoisotopic (exact) mass is 741 g/mol. The van der Waals surface area contributed by atoms with Gasteiger partial charge in [0.05, 0.1) is 32.4 Å². The molecule has 0 bridgehead atoms. The van der Waals surface area contributed by atoms with E-state index in [-0.39, 0.29) is 34.4 Å². The van der Waals surface area contributed by atoms with E-state index in [1.807, 2.05) is 30.3 Å². The first-order chi connectivity index (χ1) is 21.1. The Balaban J connectivity index is 1.47. The summed E-state index contributed by atoms with van der Waals surface area (Å²) >= 11 is 9.74. The fourth-order valence-electron chi connectivity index (χ4n) is 4.85. The quantitative estimate of drug-likeness (QED) is 0.0808. The standard InChI is InChI=1S/C31H21ClIN3O7S/c1-3-41-30(38)27-16(2)34-31-35(28(27)25-13-12-24(43-25)21-14-19(36(39)40)8-10-22(21)32)29(37)26(44-31)15-20-9-11-23(42-20)17-4-6-18(33)7-5-17/h4-15,28H,3H2,1-2H3/b26-15-/t28-/m1/s1. The first-order valence-electron chi connectivity index (χ1n) is 13.2. The van der Waals surface area contributed by atoms with Crippen LogP contribution in [-0.2, 0) is 9.53 Å². The van der Waals surface area contributed by atoms with E-state index >= 15 is 0 Å². The summed E-state index contributed by atoms with van der Waals surface area (Å²) in [4.78, 5) is 42.9. The summed E-state index contributed by atoms with van der Waals surface area (Å²) in [5.74, 6) is 0.940. The summed E-state index contributed by atoms with van der Waals surface area (Å²) in [6.45, 7) is 3.46. The van der Waals surface area contributed by atoms with Crippen LogP contribution < -0.4 is 14.9 Å². The van der Waals surface area contributed by atoms with Gasteiger partial charge in [-0.05, 0) is 78.9 Å². The molecule has 0 fully saturated rings. The lowest BCUT2D eigenvalue weighted by Crippen LogP contribution is -2.39. The third kappa shape index (κ3) is 5.55. The van der Waals surface area contributed by atoms with Crippen LogP contribution in [0.1, 0.15) is 31.4 Å². The molecule has 3 aromatic heterocycles. The van der Waals surface area contributed by atoms with E-state index in [4.69, 9.17) is 25.2 Å². The number of aromatic nitrogens is 1. The van der Waals surface area contributed by atoms with Crippen molar-refractivity contribution in [3.8, 4) is 22.6 Å². The summed E-state index contributed by atoms with van der Waals surface area (Å²) < 4.78 is 20.3. The molecule has 6 rings (SSSR count). The maximum Gasteiger partial charge on any atom is 0.338 e. The number of nitro benzene ring substituents is 1. The van der Waals surface area contributed by atoms with E-state index in [9.17, 15) is 19.7 Å². The second-order valence-corrected chi connectivity index (χ2v) is 12.3. The van der Waals surface area contributed by atoms with Crippen molar-refractivity contribution in [2.24, 2.45) is 4.99 Å². The molecule has 2 aromatic carbocycles. The fourth-order valence-corrected chi connectivity index (χ4v) is 6.45. The van der Waals surface area contributed by atoms with Crippen molar-refractivity contribution in [1.29, 1.82) is 0 Å². The average Bonchev–Trinajstić information content (AvgIpc) is 3.73. The number of ether oxygens (including phenoxy) is 1. The Morgan fingerprint density at radius 1 is 1.14 bits per heavy atom. The highest BCUT2D eigenvalue weighted by molar-refractivity contribution is 14.1. The van der Waals surface area contributed by atoms with E-state index in [2.05, 4.69) is 27.6 Å². The molecule has 1 aliphatic heterocycles. The number of hydrogen-bond acceptors (Lipinski definition) is 9. The van der Waals surface area contributed by atoms with Crippen molar-refractivity contribution in [2.45, 2.75) is 19.9 Å². The van der Waals surface area contributed by atoms with Crippen molar-refractivity contribution in [3.05, 3.63) is 128 Å². The number of rotatable bonds is 7. The van der Waals surface area contributed by atoms with Crippen LogP contribution in [0.4, 0.5) is 5.69 Å². The number of allylic oxidation sites excluding steroid dienone is 1. The second-order valence-electron chi connectivity index (χ2n) is 9.63. The Morgan fingerprint density at radius 3 is 2.61 bits per heavy atom. The molecule has 4 heterocycles. The van der Waals surface area contributed by atoms with Crippen LogP contribution in [0, 0.1) is 13.7 Å². The van der Waals surface area contributed by atoms with Gasteiger partial charge in [-0.25, -0.2) is 9.79 Å². The average molecular weight is 742 g/mol. The van der Waals surface area contributed by atoms with Gasteiger partial charge in [-0.1, -0.05) is 35.1 Å². The lowest BCUT2D eigenvalue weighted by Gasteiger charge is -2.22. The van der Waals surface area contributed by atoms with Crippen LogP contribution in [-0.4, -0.2) is 22.1 Å². The van der Waals surface area contributed by atoms with Crippen molar-refractivity contribution in [1.82, 2.24) is 4.57 Å². The van der Waals surface area contributed by atoms with E-state index in [1.165, 1.54) is 22.8 Å². The number of furan rings is 2. The van der Waals surface area contributed by atoms with E-state index in [1.54, 1.807) is 38.1 Å². The highest BCUT2D eigenvalue weighted by Crippen LogP contribution is 2.37. The highest BCUT2D eigenvalue weighted by Gasteiger charge is 2.35. The Morgan fingerprint density at radius 2 is 1.89 bits per heavy atom. The summed E-state index contributed by atoms with van der Waals surface area (Å²) in [5, 5.41) is 11.6. The molecule has 10 nitrogen and oxygen atoms in total. The zero-order valence-corrected chi connectivity index (χ0v) is 26.8. The number of nitrogens with zero attached hydrogens (tertiary/aromatic N) is 3. The smallest absolute Gasteiger partial charge is 0.338 e. The van der Waals surface area contributed by atoms with Gasteiger partial charge in [-0.2, -0.15) is 0 Å². The van der Waals surface area contributed by atoms with Gasteiger partial charge in [-0.3, -0.25) is 19.5 Å². The number of carbonyl (C=O) groups excluding carboxylic acids is 1. The number of non-ortho nitro benzene ring substituents is 1. The van der Waals surface area contributed by atoms with Crippen molar-refractivity contribution in [3.63, 3.8) is 0 Å². The summed E-state index contributed by atoms with van der Waals surface area (Å²) in [7, 11) is 0. The fraction of sp³-hybridized carbons (Fsp3) is 0.129. The molecule has 1 atom stereocenters. The molecule has 44 heavy (non-hydrogen) atoms. The number of thiazole rings is 1. The zero-order chi connectivity index (χ0) is 31.1. The number of fused-ring (bicyclic) bond motifs is 1. The van der Waals surface area contributed by atoms with Crippen LogP contribution in [0.3, 0.4) is 0 Å². The van der Waals surface area contributed by atoms with Crippen molar-refractivity contribution < 1.29 is 23.3 Å². The van der Waals surface area contributed by atoms with Crippen LogP contribution in [0.5, 0.6) is 0 Å². The molecule has 0 spiro atoms. The van der Waals surface area contributed by atoms with Crippen LogP contribution in [0.25, 0.3) is 28.7 Å². The highest BCUT2D eigenvalue weighted by atomic mass is 127. The third-order valence-electron chi connectivity index (χ3n) is 6.87. The number of hydrogen-bond donors (Lipinski definition) is 0. The molecule has 1 aliphatic rings. The Hall–Kier alpha value is -4.27. The van der Waals surface area contributed by atoms with Gasteiger partial charge in [0.1, 0.15) is 29.1 Å². The molecular formula is C31H21ClIN3O7S. The molecule has 5 aromatic rings. The molecule has 222 valence electrons. The Kier molecular flexibility index (Phi) is 8.14. The number of esters is 1. The van der Waals surface area contributed by atoms with E-state index < -0.39 is 22.5 Å². The molecule has 0 saturated heterocycles. The maximum atomic E-state index is 13.9. The minimum atomic E-state index is -1.02. The first kappa shape index (κ1) is 29.8. The molecule has 0 unspecified atom stereocenters. The minimum absolute atomic E-state index is 0.112. The van der Waals surface area contributed by atoms with Crippen LogP contribution in [0.15, 0.2) is 96.6 Å². The SMILES string of the molecule is CCOC(=O)C1=C(C)N=c2s/c(=C\c3ccc(-c4ccc(I)cc4)o3)c(=O)n2[C@@H]1c1ccc(-c2cc([N+](=O)[O-])ccc2Cl)o1. The first-order valence-corrected chi connectivity index (χ1v) is 15.5. The third-order valence-corrected chi connectivity index (χ3v) is 8.90. The van der Waals surface area contributed by atoms with Gasteiger partial charge >= 0.3 is 5.97 Å². The van der Waals surface area contributed by atoms with Gasteiger partial charge in [0, 0.05) is 32.9 Å². The number of halogens is 2. The zero-order valence-electron chi connectivity index (χ0n) is 23.1. The summed E-state index contributed by atoms with van der Waals surface area (Å²) in [6.07, 6.45) is 1.64. The van der Waals surface area contributed by atoms with E-state index in [0.29, 0.717) is 32.1 Å².